The largest absolute Gasteiger partial charge is 0.494 e. The number of hydrogen-bond donors (Lipinski definition) is 2. The third-order valence-corrected chi connectivity index (χ3v) is 7.50. The van der Waals surface area contributed by atoms with Crippen molar-refractivity contribution in [1.82, 2.24) is 9.03 Å². The highest BCUT2D eigenvalue weighted by atomic mass is 32.2. The third-order valence-electron chi connectivity index (χ3n) is 4.27. The van der Waals surface area contributed by atoms with Crippen LogP contribution >= 0.6 is 0 Å². The SMILES string of the molecule is CCOc1ccc(S(=O)(=O)N(C)CC(=O)Nc2cc(S(=O)(=O)NC)ccc2C)cc1. The molecular weight excluding hydrogens is 430 g/mol. The Morgan fingerprint density at radius 1 is 1.03 bits per heavy atom. The number of anilines is 1. The smallest absolute Gasteiger partial charge is 0.243 e. The van der Waals surface area contributed by atoms with Gasteiger partial charge in [0, 0.05) is 12.7 Å². The third kappa shape index (κ3) is 5.57. The van der Waals surface area contributed by atoms with Gasteiger partial charge >= 0.3 is 0 Å². The molecule has 2 rings (SSSR count). The number of likely N-dealkylation sites (N-methyl/N-ethyl adjacent to an activating group) is 1. The Labute approximate surface area is 177 Å². The first kappa shape index (κ1) is 23.8. The molecule has 1 amide bonds. The van der Waals surface area contributed by atoms with Gasteiger partial charge in [-0.25, -0.2) is 21.6 Å². The molecule has 0 fully saturated rings. The van der Waals surface area contributed by atoms with Crippen LogP contribution in [0.2, 0.25) is 0 Å². The highest BCUT2D eigenvalue weighted by molar-refractivity contribution is 7.89. The number of carbonyl (C=O) groups is 1. The zero-order chi connectivity index (χ0) is 22.5. The van der Waals surface area contributed by atoms with Crippen LogP contribution in [0.25, 0.3) is 0 Å². The van der Waals surface area contributed by atoms with Crippen molar-refractivity contribution in [2.45, 2.75) is 23.6 Å². The lowest BCUT2D eigenvalue weighted by atomic mass is 10.2. The summed E-state index contributed by atoms with van der Waals surface area (Å²) < 4.78 is 57.7. The predicted octanol–water partition coefficient (Wildman–Crippen LogP) is 1.56. The molecule has 0 bridgehead atoms. The lowest BCUT2D eigenvalue weighted by Crippen LogP contribution is -2.35. The maximum Gasteiger partial charge on any atom is 0.243 e. The number of amides is 1. The molecule has 0 heterocycles. The number of rotatable bonds is 9. The molecular formula is C19H25N3O6S2. The van der Waals surface area contributed by atoms with Crippen molar-refractivity contribution in [3.8, 4) is 5.75 Å². The molecule has 0 atom stereocenters. The van der Waals surface area contributed by atoms with E-state index in [0.717, 1.165) is 4.31 Å². The number of aryl methyl sites for hydroxylation is 1. The van der Waals surface area contributed by atoms with Gasteiger partial charge in [0.2, 0.25) is 26.0 Å². The van der Waals surface area contributed by atoms with E-state index in [2.05, 4.69) is 10.0 Å². The fourth-order valence-corrected chi connectivity index (χ4v) is 4.44. The van der Waals surface area contributed by atoms with Gasteiger partial charge in [-0.1, -0.05) is 6.07 Å². The van der Waals surface area contributed by atoms with Crippen molar-refractivity contribution >= 4 is 31.6 Å². The molecule has 0 radical (unpaired) electrons. The van der Waals surface area contributed by atoms with Crippen molar-refractivity contribution in [3.63, 3.8) is 0 Å². The van der Waals surface area contributed by atoms with Gasteiger partial charge in [0.25, 0.3) is 0 Å². The average Bonchev–Trinajstić information content (AvgIpc) is 2.70. The summed E-state index contributed by atoms with van der Waals surface area (Å²) in [6, 6.07) is 10.2. The minimum Gasteiger partial charge on any atom is -0.494 e. The Bertz CT molecular complexity index is 1110. The Hall–Kier alpha value is -2.47. The summed E-state index contributed by atoms with van der Waals surface area (Å²) in [7, 11) is -5.00. The fraction of sp³-hybridized carbons (Fsp3) is 0.316. The Morgan fingerprint density at radius 3 is 2.20 bits per heavy atom. The van der Waals surface area contributed by atoms with Crippen LogP contribution in [-0.2, 0) is 24.8 Å². The summed E-state index contributed by atoms with van der Waals surface area (Å²) in [5, 5.41) is 2.57. The van der Waals surface area contributed by atoms with E-state index in [1.54, 1.807) is 25.1 Å². The van der Waals surface area contributed by atoms with Gasteiger partial charge < -0.3 is 10.1 Å². The zero-order valence-electron chi connectivity index (χ0n) is 17.2. The summed E-state index contributed by atoms with van der Waals surface area (Å²) in [4.78, 5) is 12.4. The van der Waals surface area contributed by atoms with Crippen molar-refractivity contribution in [1.29, 1.82) is 0 Å². The van der Waals surface area contributed by atoms with E-state index in [1.165, 1.54) is 38.4 Å². The molecule has 0 aliphatic heterocycles. The van der Waals surface area contributed by atoms with Crippen molar-refractivity contribution in [2.75, 3.05) is 32.6 Å². The molecule has 2 aromatic carbocycles. The number of sulfonamides is 2. The van der Waals surface area contributed by atoms with Crippen LogP contribution in [0.5, 0.6) is 5.75 Å². The molecule has 0 aromatic heterocycles. The standard InChI is InChI=1S/C19H25N3O6S2/c1-5-28-15-7-10-16(11-8-15)30(26,27)22(4)13-19(23)21-18-12-17(9-6-14(18)2)29(24,25)20-3/h6-12,20H,5,13H2,1-4H3,(H,21,23). The van der Waals surface area contributed by atoms with Crippen LogP contribution in [-0.4, -0.2) is 54.3 Å². The molecule has 2 aromatic rings. The number of benzene rings is 2. The van der Waals surface area contributed by atoms with E-state index in [9.17, 15) is 21.6 Å². The lowest BCUT2D eigenvalue weighted by Gasteiger charge is -2.18. The average molecular weight is 456 g/mol. The predicted molar refractivity (Wildman–Crippen MR) is 113 cm³/mol. The lowest BCUT2D eigenvalue weighted by molar-refractivity contribution is -0.116. The van der Waals surface area contributed by atoms with Gasteiger partial charge in [0.05, 0.1) is 22.9 Å². The molecule has 2 N–H and O–H groups in total. The molecule has 0 spiro atoms. The highest BCUT2D eigenvalue weighted by Gasteiger charge is 2.23. The Kier molecular flexibility index (Phi) is 7.59. The van der Waals surface area contributed by atoms with Crippen LogP contribution in [0.1, 0.15) is 12.5 Å². The fourth-order valence-electron chi connectivity index (χ4n) is 2.55. The van der Waals surface area contributed by atoms with Crippen LogP contribution in [0.3, 0.4) is 0 Å². The summed E-state index contributed by atoms with van der Waals surface area (Å²) in [6.45, 7) is 3.54. The van der Waals surface area contributed by atoms with Gasteiger partial charge in [-0.3, -0.25) is 4.79 Å². The van der Waals surface area contributed by atoms with Crippen molar-refractivity contribution < 1.29 is 26.4 Å². The number of ether oxygens (including phenoxy) is 1. The minimum atomic E-state index is -3.89. The Morgan fingerprint density at radius 2 is 1.63 bits per heavy atom. The summed E-state index contributed by atoms with van der Waals surface area (Å²) in [6.07, 6.45) is 0. The van der Waals surface area contributed by atoms with Crippen LogP contribution in [0.15, 0.2) is 52.3 Å². The summed E-state index contributed by atoms with van der Waals surface area (Å²) in [5.41, 5.74) is 0.915. The number of nitrogens with zero attached hydrogens (tertiary/aromatic N) is 1. The topological polar surface area (TPSA) is 122 Å². The van der Waals surface area contributed by atoms with Crippen LogP contribution < -0.4 is 14.8 Å². The normalized spacial score (nSPS) is 12.0. The second-order valence-corrected chi connectivity index (χ2v) is 10.3. The molecule has 9 nitrogen and oxygen atoms in total. The number of nitrogens with one attached hydrogen (secondary N) is 2. The quantitative estimate of drug-likeness (QED) is 0.592. The molecule has 0 unspecified atom stereocenters. The molecule has 0 aliphatic rings. The molecule has 11 heteroatoms. The second-order valence-electron chi connectivity index (χ2n) is 6.40. The monoisotopic (exact) mass is 455 g/mol. The summed E-state index contributed by atoms with van der Waals surface area (Å²) >= 11 is 0. The molecule has 0 saturated carbocycles. The van der Waals surface area contributed by atoms with Crippen molar-refractivity contribution in [3.05, 3.63) is 48.0 Å². The van der Waals surface area contributed by atoms with E-state index in [-0.39, 0.29) is 15.5 Å². The summed E-state index contributed by atoms with van der Waals surface area (Å²) in [5.74, 6) is -0.0576. The van der Waals surface area contributed by atoms with Crippen LogP contribution in [0, 0.1) is 6.92 Å². The van der Waals surface area contributed by atoms with E-state index < -0.39 is 32.5 Å². The second kappa shape index (κ2) is 9.56. The molecule has 30 heavy (non-hydrogen) atoms. The van der Waals surface area contributed by atoms with Crippen molar-refractivity contribution in [2.24, 2.45) is 0 Å². The Balaban J connectivity index is 2.15. The first-order valence-corrected chi connectivity index (χ1v) is 12.0. The zero-order valence-corrected chi connectivity index (χ0v) is 18.8. The number of carbonyl (C=O) groups excluding carboxylic acids is 1. The van der Waals surface area contributed by atoms with Gasteiger partial charge in [-0.15, -0.1) is 0 Å². The van der Waals surface area contributed by atoms with E-state index in [1.807, 2.05) is 6.92 Å². The van der Waals surface area contributed by atoms with Gasteiger partial charge in [0.15, 0.2) is 0 Å². The van der Waals surface area contributed by atoms with E-state index >= 15 is 0 Å². The van der Waals surface area contributed by atoms with Gasteiger partial charge in [0.1, 0.15) is 5.75 Å². The maximum absolute atomic E-state index is 12.7. The highest BCUT2D eigenvalue weighted by Crippen LogP contribution is 2.21. The van der Waals surface area contributed by atoms with E-state index in [0.29, 0.717) is 17.9 Å². The van der Waals surface area contributed by atoms with Gasteiger partial charge in [-0.2, -0.15) is 4.31 Å². The van der Waals surface area contributed by atoms with Crippen LogP contribution in [0.4, 0.5) is 5.69 Å². The van der Waals surface area contributed by atoms with E-state index in [4.69, 9.17) is 4.74 Å². The first-order valence-electron chi connectivity index (χ1n) is 9.04. The molecule has 0 saturated heterocycles. The minimum absolute atomic E-state index is 0.0127. The molecule has 164 valence electrons. The number of hydrogen-bond acceptors (Lipinski definition) is 6. The maximum atomic E-state index is 12.7. The first-order chi connectivity index (χ1) is 14.0. The van der Waals surface area contributed by atoms with Gasteiger partial charge in [-0.05, 0) is 62.9 Å². The molecule has 0 aliphatic carbocycles.